The quantitative estimate of drug-likeness (QED) is 0.676. The van der Waals surface area contributed by atoms with Gasteiger partial charge in [0, 0.05) is 16.3 Å². The minimum atomic E-state index is 0.236. The number of aromatic nitrogens is 2. The molecule has 0 saturated carbocycles. The van der Waals surface area contributed by atoms with E-state index in [9.17, 15) is 5.11 Å². The summed E-state index contributed by atoms with van der Waals surface area (Å²) in [6, 6.07) is 14.3. The number of aromatic hydroxyl groups is 1. The average molecular weight is 286 g/mol. The minimum Gasteiger partial charge on any atom is -0.508 e. The summed E-state index contributed by atoms with van der Waals surface area (Å²) < 4.78 is 0. The number of hydrogen-bond donors (Lipinski definition) is 3. The molecule has 100 valence electrons. The Bertz CT molecular complexity index is 705. The Balaban J connectivity index is 1.80. The van der Waals surface area contributed by atoms with Crippen molar-refractivity contribution in [1.82, 2.24) is 9.97 Å². The van der Waals surface area contributed by atoms with E-state index in [1.54, 1.807) is 30.5 Å². The van der Waals surface area contributed by atoms with E-state index in [1.807, 2.05) is 24.3 Å². The van der Waals surface area contributed by atoms with Gasteiger partial charge in [-0.05, 0) is 48.5 Å². The van der Waals surface area contributed by atoms with Crippen LogP contribution in [-0.2, 0) is 0 Å². The van der Waals surface area contributed by atoms with Gasteiger partial charge in [0.25, 0.3) is 0 Å². The number of imidazole rings is 1. The molecular weight excluding hydrogens is 274 g/mol. The third-order valence-corrected chi connectivity index (χ3v) is 3.09. The molecule has 0 saturated heterocycles. The molecule has 1 aromatic heterocycles. The van der Waals surface area contributed by atoms with Crippen LogP contribution in [0.5, 0.6) is 5.75 Å². The van der Waals surface area contributed by atoms with Crippen molar-refractivity contribution in [1.29, 1.82) is 0 Å². The highest BCUT2D eigenvalue weighted by Gasteiger charge is 2.04. The molecule has 3 aromatic rings. The zero-order valence-electron chi connectivity index (χ0n) is 10.5. The number of nitrogens with zero attached hydrogens (tertiary/aromatic N) is 1. The molecule has 0 aliphatic rings. The summed E-state index contributed by atoms with van der Waals surface area (Å²) in [5, 5.41) is 13.2. The number of benzene rings is 2. The summed E-state index contributed by atoms with van der Waals surface area (Å²) >= 11 is 5.84. The largest absolute Gasteiger partial charge is 0.508 e. The Morgan fingerprint density at radius 3 is 2.40 bits per heavy atom. The van der Waals surface area contributed by atoms with Crippen LogP contribution in [0.1, 0.15) is 0 Å². The number of aromatic amines is 1. The smallest absolute Gasteiger partial charge is 0.138 e. The highest BCUT2D eigenvalue weighted by molar-refractivity contribution is 6.30. The summed E-state index contributed by atoms with van der Waals surface area (Å²) in [6.45, 7) is 0. The number of nitrogens with one attached hydrogen (secondary N) is 2. The molecule has 0 amide bonds. The third-order valence-electron chi connectivity index (χ3n) is 2.84. The first-order valence-corrected chi connectivity index (χ1v) is 6.45. The van der Waals surface area contributed by atoms with Crippen LogP contribution in [0.2, 0.25) is 5.02 Å². The minimum absolute atomic E-state index is 0.236. The molecule has 0 unspecified atom stereocenters. The highest BCUT2D eigenvalue weighted by atomic mass is 35.5. The fraction of sp³-hybridized carbons (Fsp3) is 0. The second kappa shape index (κ2) is 5.27. The van der Waals surface area contributed by atoms with E-state index in [4.69, 9.17) is 11.6 Å². The molecule has 0 fully saturated rings. The highest BCUT2D eigenvalue weighted by Crippen LogP contribution is 2.22. The lowest BCUT2D eigenvalue weighted by Gasteiger charge is -2.03. The molecule has 20 heavy (non-hydrogen) atoms. The first-order valence-electron chi connectivity index (χ1n) is 6.08. The zero-order chi connectivity index (χ0) is 13.9. The van der Waals surface area contributed by atoms with Gasteiger partial charge in [-0.3, -0.25) is 0 Å². The molecule has 5 heteroatoms. The maximum absolute atomic E-state index is 9.27. The molecule has 0 bridgehead atoms. The van der Waals surface area contributed by atoms with E-state index < -0.39 is 0 Å². The number of phenols is 1. The maximum Gasteiger partial charge on any atom is 0.138 e. The van der Waals surface area contributed by atoms with Crippen molar-refractivity contribution >= 4 is 23.1 Å². The summed E-state index contributed by atoms with van der Waals surface area (Å²) in [4.78, 5) is 7.48. The topological polar surface area (TPSA) is 60.9 Å². The standard InChI is InChI=1S/C15H12ClN3O/c16-11-3-5-12(6-4-11)18-14-9-17-15(19-14)10-1-7-13(20)8-2-10/h1-9,18,20H,(H,17,19). The van der Waals surface area contributed by atoms with Crippen LogP contribution < -0.4 is 5.32 Å². The third kappa shape index (κ3) is 2.75. The predicted octanol–water partition coefficient (Wildman–Crippen LogP) is 4.18. The number of rotatable bonds is 3. The Kier molecular flexibility index (Phi) is 3.31. The summed E-state index contributed by atoms with van der Waals surface area (Å²) in [5.74, 6) is 1.76. The van der Waals surface area contributed by atoms with Crippen molar-refractivity contribution in [3.63, 3.8) is 0 Å². The van der Waals surface area contributed by atoms with Crippen LogP contribution in [0, 0.1) is 0 Å². The van der Waals surface area contributed by atoms with Crippen molar-refractivity contribution in [2.75, 3.05) is 5.32 Å². The average Bonchev–Trinajstić information content (AvgIpc) is 2.91. The number of phenolic OH excluding ortho intramolecular Hbond substituents is 1. The van der Waals surface area contributed by atoms with Gasteiger partial charge >= 0.3 is 0 Å². The molecule has 4 nitrogen and oxygen atoms in total. The van der Waals surface area contributed by atoms with Crippen molar-refractivity contribution in [3.8, 4) is 17.1 Å². The number of anilines is 2. The van der Waals surface area contributed by atoms with Crippen LogP contribution in [-0.4, -0.2) is 15.1 Å². The van der Waals surface area contributed by atoms with E-state index in [0.29, 0.717) is 5.02 Å². The molecule has 0 spiro atoms. The van der Waals surface area contributed by atoms with E-state index >= 15 is 0 Å². The molecule has 0 atom stereocenters. The zero-order valence-corrected chi connectivity index (χ0v) is 11.2. The number of hydrogen-bond acceptors (Lipinski definition) is 3. The molecule has 3 rings (SSSR count). The Morgan fingerprint density at radius 1 is 1.00 bits per heavy atom. The van der Waals surface area contributed by atoms with Gasteiger partial charge < -0.3 is 15.4 Å². The van der Waals surface area contributed by atoms with Crippen LogP contribution in [0.3, 0.4) is 0 Å². The molecule has 3 N–H and O–H groups in total. The lowest BCUT2D eigenvalue weighted by atomic mass is 10.2. The molecule has 0 aliphatic carbocycles. The summed E-state index contributed by atoms with van der Waals surface area (Å²) in [5.41, 5.74) is 1.84. The monoisotopic (exact) mass is 285 g/mol. The van der Waals surface area contributed by atoms with Crippen molar-refractivity contribution in [2.24, 2.45) is 0 Å². The fourth-order valence-corrected chi connectivity index (χ4v) is 1.97. The second-order valence-electron chi connectivity index (χ2n) is 4.32. The van der Waals surface area contributed by atoms with E-state index in [0.717, 1.165) is 22.9 Å². The summed E-state index contributed by atoms with van der Waals surface area (Å²) in [7, 11) is 0. The van der Waals surface area contributed by atoms with Crippen molar-refractivity contribution in [3.05, 3.63) is 59.8 Å². The van der Waals surface area contributed by atoms with Crippen LogP contribution in [0.4, 0.5) is 11.5 Å². The van der Waals surface area contributed by atoms with Gasteiger partial charge in [-0.25, -0.2) is 4.98 Å². The normalized spacial score (nSPS) is 10.4. The van der Waals surface area contributed by atoms with Crippen LogP contribution in [0.25, 0.3) is 11.4 Å². The Labute approximate surface area is 121 Å². The molecule has 0 radical (unpaired) electrons. The van der Waals surface area contributed by atoms with E-state index in [1.165, 1.54) is 0 Å². The van der Waals surface area contributed by atoms with Gasteiger partial charge in [0.2, 0.25) is 0 Å². The SMILES string of the molecule is Oc1ccc(-c2ncc(Nc3ccc(Cl)cc3)[nH]2)cc1. The maximum atomic E-state index is 9.27. The molecule has 2 aromatic carbocycles. The molecule has 1 heterocycles. The first kappa shape index (κ1) is 12.6. The lowest BCUT2D eigenvalue weighted by molar-refractivity contribution is 0.475. The second-order valence-corrected chi connectivity index (χ2v) is 4.76. The number of halogens is 1. The van der Waals surface area contributed by atoms with Gasteiger partial charge in [0.05, 0.1) is 6.20 Å². The van der Waals surface area contributed by atoms with Gasteiger partial charge in [-0.15, -0.1) is 0 Å². The van der Waals surface area contributed by atoms with Gasteiger partial charge in [0.15, 0.2) is 0 Å². The van der Waals surface area contributed by atoms with Gasteiger partial charge in [0.1, 0.15) is 17.4 Å². The van der Waals surface area contributed by atoms with Crippen LogP contribution >= 0.6 is 11.6 Å². The van der Waals surface area contributed by atoms with Gasteiger partial charge in [-0.1, -0.05) is 11.6 Å². The lowest BCUT2D eigenvalue weighted by Crippen LogP contribution is -1.89. The van der Waals surface area contributed by atoms with Crippen LogP contribution in [0.15, 0.2) is 54.7 Å². The molecule has 0 aliphatic heterocycles. The Hall–Kier alpha value is -2.46. The van der Waals surface area contributed by atoms with Crippen molar-refractivity contribution in [2.45, 2.75) is 0 Å². The fourth-order valence-electron chi connectivity index (χ4n) is 1.84. The van der Waals surface area contributed by atoms with E-state index in [-0.39, 0.29) is 5.75 Å². The predicted molar refractivity (Wildman–Crippen MR) is 80.4 cm³/mol. The van der Waals surface area contributed by atoms with E-state index in [2.05, 4.69) is 15.3 Å². The molecular formula is C15H12ClN3O. The first-order chi connectivity index (χ1) is 9.70. The summed E-state index contributed by atoms with van der Waals surface area (Å²) in [6.07, 6.45) is 1.72. The van der Waals surface area contributed by atoms with Gasteiger partial charge in [-0.2, -0.15) is 0 Å². The Morgan fingerprint density at radius 2 is 1.70 bits per heavy atom. The van der Waals surface area contributed by atoms with Crippen molar-refractivity contribution < 1.29 is 5.11 Å². The number of H-pyrrole nitrogens is 1.